The monoisotopic (exact) mass is 344 g/mol. The highest BCUT2D eigenvalue weighted by Gasteiger charge is 2.14. The summed E-state index contributed by atoms with van der Waals surface area (Å²) in [5.74, 6) is -0.323. The van der Waals surface area contributed by atoms with Crippen LogP contribution in [0.4, 0.5) is 5.69 Å². The molecule has 2 aromatic rings. The minimum atomic E-state index is -0.984. The second kappa shape index (κ2) is 7.53. The number of carbonyl (C=O) groups is 1. The first-order chi connectivity index (χ1) is 11.6. The Hall–Kier alpha value is -2.28. The van der Waals surface area contributed by atoms with Gasteiger partial charge in [-0.05, 0) is 61.7 Å². The molecule has 126 valence electrons. The molecular formula is C17H20N4O2S. The minimum absolute atomic E-state index is 0.194. The van der Waals surface area contributed by atoms with Crippen molar-refractivity contribution in [2.45, 2.75) is 31.3 Å². The van der Waals surface area contributed by atoms with E-state index in [0.29, 0.717) is 11.0 Å². The van der Waals surface area contributed by atoms with Crippen molar-refractivity contribution in [1.82, 2.24) is 15.2 Å². The molecule has 0 amide bonds. The van der Waals surface area contributed by atoms with Crippen molar-refractivity contribution in [3.63, 3.8) is 0 Å². The van der Waals surface area contributed by atoms with Crippen LogP contribution in [0.25, 0.3) is 6.08 Å². The molecule has 0 unspecified atom stereocenters. The van der Waals surface area contributed by atoms with E-state index in [2.05, 4.69) is 32.2 Å². The van der Waals surface area contributed by atoms with Crippen LogP contribution in [0.2, 0.25) is 0 Å². The lowest BCUT2D eigenvalue weighted by Crippen LogP contribution is -2.29. The van der Waals surface area contributed by atoms with Gasteiger partial charge in [-0.25, -0.2) is 9.78 Å². The molecule has 7 heteroatoms. The molecule has 0 aliphatic carbocycles. The summed E-state index contributed by atoms with van der Waals surface area (Å²) < 4.78 is 0. The molecule has 0 saturated carbocycles. The summed E-state index contributed by atoms with van der Waals surface area (Å²) in [7, 11) is 0. The third-order valence-electron chi connectivity index (χ3n) is 3.90. The second-order valence-electron chi connectivity index (χ2n) is 5.76. The fourth-order valence-corrected chi connectivity index (χ4v) is 3.44. The molecule has 0 spiro atoms. The predicted octanol–water partition coefficient (Wildman–Crippen LogP) is 3.32. The third-order valence-corrected chi connectivity index (χ3v) is 4.78. The maximum Gasteiger partial charge on any atom is 0.342 e. The number of carboxylic acid groups (broad SMARTS) is 1. The first kappa shape index (κ1) is 16.6. The number of hydrogen-bond acceptors (Lipinski definition) is 5. The molecule has 1 aliphatic heterocycles. The molecule has 0 radical (unpaired) electrons. The van der Waals surface area contributed by atoms with Gasteiger partial charge < -0.3 is 10.0 Å². The van der Waals surface area contributed by atoms with Crippen LogP contribution in [0, 0.1) is 6.92 Å². The summed E-state index contributed by atoms with van der Waals surface area (Å²) in [6.07, 6.45) is 5.42. The van der Waals surface area contributed by atoms with Crippen LogP contribution in [0.3, 0.4) is 0 Å². The zero-order valence-electron chi connectivity index (χ0n) is 13.5. The van der Waals surface area contributed by atoms with E-state index in [1.807, 2.05) is 12.1 Å². The van der Waals surface area contributed by atoms with Crippen LogP contribution in [-0.2, 0) is 4.79 Å². The van der Waals surface area contributed by atoms with E-state index in [9.17, 15) is 9.90 Å². The van der Waals surface area contributed by atoms with Crippen LogP contribution < -0.4 is 4.90 Å². The van der Waals surface area contributed by atoms with Gasteiger partial charge >= 0.3 is 5.97 Å². The van der Waals surface area contributed by atoms with Gasteiger partial charge in [0.25, 0.3) is 0 Å². The van der Waals surface area contributed by atoms with Gasteiger partial charge in [0.2, 0.25) is 5.16 Å². The number of piperidine rings is 1. The number of nitrogens with zero attached hydrogens (tertiary/aromatic N) is 3. The predicted molar refractivity (Wildman–Crippen MR) is 95.1 cm³/mol. The summed E-state index contributed by atoms with van der Waals surface area (Å²) in [5, 5.41) is 16.5. The molecule has 1 fully saturated rings. The first-order valence-corrected chi connectivity index (χ1v) is 8.80. The number of aliphatic carboxylic acids is 1. The molecule has 0 bridgehead atoms. The van der Waals surface area contributed by atoms with Gasteiger partial charge in [0.05, 0.1) is 0 Å². The average Bonchev–Trinajstić information content (AvgIpc) is 3.01. The number of hydrogen-bond donors (Lipinski definition) is 2. The molecule has 2 N–H and O–H groups in total. The highest BCUT2D eigenvalue weighted by molar-refractivity contribution is 8.04. The van der Waals surface area contributed by atoms with E-state index in [1.165, 1.54) is 24.9 Å². The van der Waals surface area contributed by atoms with E-state index < -0.39 is 5.97 Å². The Bertz CT molecular complexity index is 733. The summed E-state index contributed by atoms with van der Waals surface area (Å²) in [6.45, 7) is 3.96. The van der Waals surface area contributed by atoms with Gasteiger partial charge in [-0.3, -0.25) is 5.10 Å². The van der Waals surface area contributed by atoms with Gasteiger partial charge in [0, 0.05) is 18.8 Å². The van der Waals surface area contributed by atoms with Gasteiger partial charge in [0.15, 0.2) is 0 Å². The average molecular weight is 344 g/mol. The second-order valence-corrected chi connectivity index (χ2v) is 6.77. The van der Waals surface area contributed by atoms with Crippen LogP contribution >= 0.6 is 11.8 Å². The number of aryl methyl sites for hydroxylation is 1. The number of rotatable bonds is 5. The molecular weight excluding hydrogens is 324 g/mol. The maximum absolute atomic E-state index is 11.5. The third kappa shape index (κ3) is 4.17. The number of aromatic nitrogens is 3. The van der Waals surface area contributed by atoms with Crippen LogP contribution in [0.15, 0.2) is 34.3 Å². The molecule has 24 heavy (non-hydrogen) atoms. The first-order valence-electron chi connectivity index (χ1n) is 7.99. The SMILES string of the molecule is Cc1nc(S/C(=C/c2ccc(N3CCCCC3)cc2)C(=O)O)n[nH]1. The summed E-state index contributed by atoms with van der Waals surface area (Å²) in [5.41, 5.74) is 2.05. The molecule has 1 aliphatic rings. The van der Waals surface area contributed by atoms with E-state index in [-0.39, 0.29) is 4.91 Å². The fourth-order valence-electron chi connectivity index (χ4n) is 2.69. The van der Waals surface area contributed by atoms with Gasteiger partial charge in [-0.2, -0.15) is 0 Å². The van der Waals surface area contributed by atoms with E-state index in [1.54, 1.807) is 13.0 Å². The highest BCUT2D eigenvalue weighted by atomic mass is 32.2. The summed E-state index contributed by atoms with van der Waals surface area (Å²) in [4.78, 5) is 18.2. The van der Waals surface area contributed by atoms with Gasteiger partial charge in [-0.15, -0.1) is 5.10 Å². The molecule has 2 heterocycles. The van der Waals surface area contributed by atoms with Gasteiger partial charge in [0.1, 0.15) is 10.7 Å². The van der Waals surface area contributed by atoms with Crippen LogP contribution in [0.5, 0.6) is 0 Å². The Morgan fingerprint density at radius 3 is 2.54 bits per heavy atom. The van der Waals surface area contributed by atoms with Crippen molar-refractivity contribution < 1.29 is 9.90 Å². The van der Waals surface area contributed by atoms with E-state index in [0.717, 1.165) is 30.4 Å². The van der Waals surface area contributed by atoms with Gasteiger partial charge in [-0.1, -0.05) is 12.1 Å². The summed E-state index contributed by atoms with van der Waals surface area (Å²) >= 11 is 1.04. The van der Waals surface area contributed by atoms with Crippen molar-refractivity contribution in [3.8, 4) is 0 Å². The largest absolute Gasteiger partial charge is 0.477 e. The Morgan fingerprint density at radius 2 is 1.96 bits per heavy atom. The van der Waals surface area contributed by atoms with Crippen LogP contribution in [-0.4, -0.2) is 39.3 Å². The lowest BCUT2D eigenvalue weighted by Gasteiger charge is -2.28. The number of benzene rings is 1. The fraction of sp³-hybridized carbons (Fsp3) is 0.353. The minimum Gasteiger partial charge on any atom is -0.477 e. The number of aromatic amines is 1. The van der Waals surface area contributed by atoms with E-state index >= 15 is 0 Å². The topological polar surface area (TPSA) is 82.1 Å². The Morgan fingerprint density at radius 1 is 1.25 bits per heavy atom. The van der Waals surface area contributed by atoms with Crippen molar-refractivity contribution in [2.75, 3.05) is 18.0 Å². The molecule has 1 saturated heterocycles. The zero-order chi connectivity index (χ0) is 16.9. The normalized spacial score (nSPS) is 15.5. The standard InChI is InChI=1S/C17H20N4O2S/c1-12-18-17(20-19-12)24-15(16(22)23)11-13-5-7-14(8-6-13)21-9-3-2-4-10-21/h5-8,11H,2-4,9-10H2,1H3,(H,22,23)(H,18,19,20)/b15-11+. The van der Waals surface area contributed by atoms with Crippen LogP contribution in [0.1, 0.15) is 30.7 Å². The maximum atomic E-state index is 11.5. The van der Waals surface area contributed by atoms with Crippen molar-refractivity contribution in [2.24, 2.45) is 0 Å². The molecule has 6 nitrogen and oxygen atoms in total. The number of nitrogens with one attached hydrogen (secondary N) is 1. The molecule has 3 rings (SSSR count). The molecule has 0 atom stereocenters. The smallest absolute Gasteiger partial charge is 0.342 e. The Kier molecular flexibility index (Phi) is 5.20. The number of thioether (sulfide) groups is 1. The number of carboxylic acids is 1. The quantitative estimate of drug-likeness (QED) is 0.639. The molecule has 1 aromatic carbocycles. The Labute approximate surface area is 145 Å². The lowest BCUT2D eigenvalue weighted by molar-refractivity contribution is -0.131. The summed E-state index contributed by atoms with van der Waals surface area (Å²) in [6, 6.07) is 8.02. The number of anilines is 1. The zero-order valence-corrected chi connectivity index (χ0v) is 14.3. The number of H-pyrrole nitrogens is 1. The van der Waals surface area contributed by atoms with Crippen molar-refractivity contribution in [3.05, 3.63) is 40.6 Å². The highest BCUT2D eigenvalue weighted by Crippen LogP contribution is 2.27. The lowest BCUT2D eigenvalue weighted by atomic mass is 10.1. The van der Waals surface area contributed by atoms with Crippen molar-refractivity contribution in [1.29, 1.82) is 0 Å². The van der Waals surface area contributed by atoms with Crippen molar-refractivity contribution >= 4 is 29.5 Å². The Balaban J connectivity index is 1.75. The van der Waals surface area contributed by atoms with E-state index in [4.69, 9.17) is 0 Å². The molecule has 1 aromatic heterocycles.